The zero-order valence-corrected chi connectivity index (χ0v) is 9.66. The first kappa shape index (κ1) is 10.9. The summed E-state index contributed by atoms with van der Waals surface area (Å²) in [7, 11) is 0. The van der Waals surface area contributed by atoms with E-state index in [0.29, 0.717) is 17.6 Å². The zero-order chi connectivity index (χ0) is 11.2. The summed E-state index contributed by atoms with van der Waals surface area (Å²) < 4.78 is 0. The molecule has 0 amide bonds. The van der Waals surface area contributed by atoms with Gasteiger partial charge in [-0.15, -0.1) is 5.10 Å². The predicted octanol–water partition coefficient (Wildman–Crippen LogP) is 1.04. The van der Waals surface area contributed by atoms with E-state index in [-0.39, 0.29) is 0 Å². The van der Waals surface area contributed by atoms with Gasteiger partial charge in [0.05, 0.1) is 0 Å². The van der Waals surface area contributed by atoms with Gasteiger partial charge in [-0.25, -0.2) is 9.97 Å². The van der Waals surface area contributed by atoms with Crippen molar-refractivity contribution < 1.29 is 0 Å². The van der Waals surface area contributed by atoms with Crippen LogP contribution in [-0.4, -0.2) is 43.7 Å². The summed E-state index contributed by atoms with van der Waals surface area (Å²) in [6.07, 6.45) is 5.40. The fourth-order valence-electron chi connectivity index (χ4n) is 1.13. The number of hydrogen-bond donors (Lipinski definition) is 2. The van der Waals surface area contributed by atoms with E-state index in [9.17, 15) is 0 Å². The van der Waals surface area contributed by atoms with E-state index in [1.54, 1.807) is 30.2 Å². The van der Waals surface area contributed by atoms with E-state index in [0.717, 1.165) is 12.3 Å². The largest absolute Gasteiger partial charge is 0.352 e. The highest BCUT2D eigenvalue weighted by Gasteiger charge is 2.06. The molecular weight excluding hydrogens is 224 g/mol. The third-order valence-corrected chi connectivity index (χ3v) is 2.46. The van der Waals surface area contributed by atoms with Crippen LogP contribution in [-0.2, 0) is 0 Å². The molecule has 2 rings (SSSR count). The molecule has 0 bridgehead atoms. The van der Waals surface area contributed by atoms with Gasteiger partial charge in [0.25, 0.3) is 0 Å². The molecule has 7 heteroatoms. The maximum absolute atomic E-state index is 4.24. The maximum atomic E-state index is 4.24. The number of rotatable bonds is 5. The number of aromatic amines is 1. The van der Waals surface area contributed by atoms with Crippen LogP contribution in [0.3, 0.4) is 0 Å². The lowest BCUT2D eigenvalue weighted by molar-refractivity contribution is 1.05. The van der Waals surface area contributed by atoms with Crippen LogP contribution < -0.4 is 5.32 Å². The number of hydrogen-bond acceptors (Lipinski definition) is 6. The molecule has 0 radical (unpaired) electrons. The molecule has 84 valence electrons. The van der Waals surface area contributed by atoms with Gasteiger partial charge in [0.1, 0.15) is 0 Å². The molecule has 16 heavy (non-hydrogen) atoms. The number of nitrogens with zero attached hydrogens (tertiary/aromatic N) is 4. The average Bonchev–Trinajstić information content (AvgIpc) is 2.79. The first-order chi connectivity index (χ1) is 7.90. The second-order valence-electron chi connectivity index (χ2n) is 3.00. The molecule has 0 fully saturated rings. The fraction of sp³-hybridized carbons (Fsp3) is 0.333. The van der Waals surface area contributed by atoms with Crippen molar-refractivity contribution in [1.82, 2.24) is 25.1 Å². The predicted molar refractivity (Wildman–Crippen MR) is 64.3 cm³/mol. The molecule has 0 aliphatic rings. The molecule has 0 unspecified atom stereocenters. The highest BCUT2D eigenvalue weighted by molar-refractivity contribution is 7.98. The number of anilines is 1. The highest BCUT2D eigenvalue weighted by atomic mass is 32.2. The van der Waals surface area contributed by atoms with E-state index in [2.05, 4.69) is 36.7 Å². The minimum Gasteiger partial charge on any atom is -0.352 e. The summed E-state index contributed by atoms with van der Waals surface area (Å²) in [4.78, 5) is 12.4. The number of nitrogens with one attached hydrogen (secondary N) is 2. The van der Waals surface area contributed by atoms with Gasteiger partial charge in [0.15, 0.2) is 11.6 Å². The highest BCUT2D eigenvalue weighted by Crippen LogP contribution is 2.09. The third-order valence-electron chi connectivity index (χ3n) is 1.85. The summed E-state index contributed by atoms with van der Waals surface area (Å²) in [6.45, 7) is 0.841. The van der Waals surface area contributed by atoms with Crippen molar-refractivity contribution >= 4 is 17.7 Å². The Labute approximate surface area is 97.3 Å². The summed E-state index contributed by atoms with van der Waals surface area (Å²) in [5.74, 6) is 2.72. The van der Waals surface area contributed by atoms with Crippen LogP contribution in [0.2, 0.25) is 0 Å². The molecule has 0 aliphatic heterocycles. The van der Waals surface area contributed by atoms with Crippen molar-refractivity contribution in [2.45, 2.75) is 0 Å². The van der Waals surface area contributed by atoms with Gasteiger partial charge >= 0.3 is 0 Å². The molecule has 0 aromatic carbocycles. The topological polar surface area (TPSA) is 79.4 Å². The van der Waals surface area contributed by atoms with Crippen molar-refractivity contribution in [2.75, 3.05) is 23.9 Å². The Morgan fingerprint density at radius 1 is 1.38 bits per heavy atom. The van der Waals surface area contributed by atoms with Crippen LogP contribution in [0.4, 0.5) is 5.95 Å². The molecular formula is C9H12N6S. The fourth-order valence-corrected chi connectivity index (χ4v) is 1.43. The summed E-state index contributed by atoms with van der Waals surface area (Å²) in [5.41, 5.74) is 0. The Hall–Kier alpha value is -1.63. The Balaban J connectivity index is 2.02. The molecule has 0 spiro atoms. The van der Waals surface area contributed by atoms with E-state index in [1.165, 1.54) is 0 Å². The Morgan fingerprint density at radius 2 is 2.19 bits per heavy atom. The van der Waals surface area contributed by atoms with Crippen LogP contribution >= 0.6 is 11.8 Å². The van der Waals surface area contributed by atoms with Gasteiger partial charge in [-0.05, 0) is 12.3 Å². The van der Waals surface area contributed by atoms with Gasteiger partial charge in [-0.1, -0.05) is 0 Å². The van der Waals surface area contributed by atoms with Gasteiger partial charge in [0, 0.05) is 24.7 Å². The third kappa shape index (κ3) is 2.69. The summed E-state index contributed by atoms with van der Waals surface area (Å²) in [5, 5.41) is 9.93. The van der Waals surface area contributed by atoms with Crippen LogP contribution in [0.25, 0.3) is 11.6 Å². The molecule has 0 saturated heterocycles. The zero-order valence-electron chi connectivity index (χ0n) is 8.84. The molecule has 0 aliphatic carbocycles. The van der Waals surface area contributed by atoms with Crippen molar-refractivity contribution in [2.24, 2.45) is 0 Å². The van der Waals surface area contributed by atoms with Gasteiger partial charge in [0.2, 0.25) is 5.95 Å². The number of aromatic nitrogens is 5. The van der Waals surface area contributed by atoms with Crippen molar-refractivity contribution in [3.8, 4) is 11.6 Å². The lowest BCUT2D eigenvalue weighted by atomic mass is 10.5. The molecule has 2 heterocycles. The Bertz CT molecular complexity index is 429. The molecule has 2 aromatic heterocycles. The molecule has 0 atom stereocenters. The Morgan fingerprint density at radius 3 is 2.94 bits per heavy atom. The first-order valence-electron chi connectivity index (χ1n) is 4.83. The average molecular weight is 236 g/mol. The smallest absolute Gasteiger partial charge is 0.242 e. The van der Waals surface area contributed by atoms with Gasteiger partial charge < -0.3 is 5.32 Å². The summed E-state index contributed by atoms with van der Waals surface area (Å²) >= 11 is 1.77. The second kappa shape index (κ2) is 5.45. The lowest BCUT2D eigenvalue weighted by Gasteiger charge is -1.97. The van der Waals surface area contributed by atoms with E-state index >= 15 is 0 Å². The van der Waals surface area contributed by atoms with Crippen molar-refractivity contribution in [1.29, 1.82) is 0 Å². The van der Waals surface area contributed by atoms with Crippen molar-refractivity contribution in [3.63, 3.8) is 0 Å². The minimum atomic E-state index is 0.549. The first-order valence-corrected chi connectivity index (χ1v) is 6.22. The normalized spacial score (nSPS) is 10.3. The monoisotopic (exact) mass is 236 g/mol. The standard InChI is InChI=1S/C9H12N6S/c1-16-6-5-12-9-13-8(14-15-9)7-10-3-2-4-11-7/h2-4H,5-6H2,1H3,(H2,12,13,14,15). The van der Waals surface area contributed by atoms with Crippen LogP contribution in [0.1, 0.15) is 0 Å². The van der Waals surface area contributed by atoms with Crippen molar-refractivity contribution in [3.05, 3.63) is 18.5 Å². The van der Waals surface area contributed by atoms with E-state index < -0.39 is 0 Å². The van der Waals surface area contributed by atoms with Crippen LogP contribution in [0.5, 0.6) is 0 Å². The minimum absolute atomic E-state index is 0.549. The van der Waals surface area contributed by atoms with Crippen LogP contribution in [0, 0.1) is 0 Å². The van der Waals surface area contributed by atoms with E-state index in [1.807, 2.05) is 0 Å². The van der Waals surface area contributed by atoms with Crippen LogP contribution in [0.15, 0.2) is 18.5 Å². The maximum Gasteiger partial charge on any atom is 0.242 e. The second-order valence-corrected chi connectivity index (χ2v) is 3.99. The number of thioether (sulfide) groups is 1. The molecule has 2 aromatic rings. The number of H-pyrrole nitrogens is 1. The molecule has 6 nitrogen and oxygen atoms in total. The SMILES string of the molecule is CSCCNc1n[nH]c(-c2ncccn2)n1. The lowest BCUT2D eigenvalue weighted by Crippen LogP contribution is -2.04. The van der Waals surface area contributed by atoms with E-state index in [4.69, 9.17) is 0 Å². The van der Waals surface area contributed by atoms with Gasteiger partial charge in [-0.2, -0.15) is 16.7 Å². The molecule has 0 saturated carbocycles. The molecule has 2 N–H and O–H groups in total. The quantitative estimate of drug-likeness (QED) is 0.755. The Kier molecular flexibility index (Phi) is 3.71. The van der Waals surface area contributed by atoms with Gasteiger partial charge in [-0.3, -0.25) is 5.10 Å². The summed E-state index contributed by atoms with van der Waals surface area (Å²) in [6, 6.07) is 1.76.